The zero-order chi connectivity index (χ0) is 17.1. The first-order chi connectivity index (χ1) is 11.6. The minimum atomic E-state index is -0.703. The molecule has 0 aliphatic heterocycles. The molecule has 3 aromatic heterocycles. The van der Waals surface area contributed by atoms with E-state index < -0.39 is 10.6 Å². The summed E-state index contributed by atoms with van der Waals surface area (Å²) in [4.78, 5) is 22.0. The van der Waals surface area contributed by atoms with Gasteiger partial charge in [-0.2, -0.15) is 15.0 Å². The average molecular weight is 323 g/mol. The van der Waals surface area contributed by atoms with E-state index in [-0.39, 0.29) is 23.0 Å². The highest BCUT2D eigenvalue weighted by molar-refractivity contribution is 5.73. The van der Waals surface area contributed by atoms with Crippen molar-refractivity contribution in [1.29, 1.82) is 5.26 Å². The van der Waals surface area contributed by atoms with E-state index in [0.29, 0.717) is 5.82 Å². The van der Waals surface area contributed by atoms with Crippen molar-refractivity contribution in [3.63, 3.8) is 0 Å². The third-order valence-corrected chi connectivity index (χ3v) is 3.03. The highest BCUT2D eigenvalue weighted by atomic mass is 16.6. The van der Waals surface area contributed by atoms with Crippen molar-refractivity contribution in [1.82, 2.24) is 24.7 Å². The van der Waals surface area contributed by atoms with E-state index in [2.05, 4.69) is 25.4 Å². The molecule has 3 heterocycles. The van der Waals surface area contributed by atoms with Gasteiger partial charge in [0, 0.05) is 6.20 Å². The van der Waals surface area contributed by atoms with Crippen molar-refractivity contribution in [3.8, 4) is 11.9 Å². The Labute approximate surface area is 134 Å². The van der Waals surface area contributed by atoms with E-state index in [0.717, 1.165) is 6.33 Å². The van der Waals surface area contributed by atoms with Crippen LogP contribution in [-0.4, -0.2) is 29.7 Å². The van der Waals surface area contributed by atoms with Gasteiger partial charge >= 0.3 is 5.69 Å². The van der Waals surface area contributed by atoms with Crippen molar-refractivity contribution in [2.45, 2.75) is 0 Å². The minimum absolute atomic E-state index is 0.151. The van der Waals surface area contributed by atoms with E-state index in [4.69, 9.17) is 5.73 Å². The third kappa shape index (κ3) is 2.55. The number of rotatable bonds is 4. The van der Waals surface area contributed by atoms with Crippen LogP contribution in [0.4, 0.5) is 23.1 Å². The van der Waals surface area contributed by atoms with Crippen LogP contribution in [0, 0.1) is 21.4 Å². The summed E-state index contributed by atoms with van der Waals surface area (Å²) in [5.74, 6) is 0.158. The van der Waals surface area contributed by atoms with Gasteiger partial charge in [0.1, 0.15) is 18.0 Å². The van der Waals surface area contributed by atoms with Gasteiger partial charge in [-0.15, -0.1) is 0 Å². The number of nitriles is 1. The Morgan fingerprint density at radius 3 is 2.83 bits per heavy atom. The van der Waals surface area contributed by atoms with Crippen LogP contribution in [0.1, 0.15) is 5.56 Å². The number of nitrogens with zero attached hydrogens (tertiary/aromatic N) is 7. The second-order valence-corrected chi connectivity index (χ2v) is 4.46. The molecule has 11 heteroatoms. The zero-order valence-corrected chi connectivity index (χ0v) is 12.0. The predicted octanol–water partition coefficient (Wildman–Crippen LogP) is 1.16. The summed E-state index contributed by atoms with van der Waals surface area (Å²) in [6, 6.07) is 7.08. The Hall–Kier alpha value is -4.07. The SMILES string of the molecule is N#Cc1cnn(-c2ccccn2)c1Nc1ncnc(N)c1[N+](=O)[O-]. The number of anilines is 3. The molecule has 0 unspecified atom stereocenters. The average Bonchev–Trinajstić information content (AvgIpc) is 2.98. The summed E-state index contributed by atoms with van der Waals surface area (Å²) in [5.41, 5.74) is 5.21. The predicted molar refractivity (Wildman–Crippen MR) is 82.5 cm³/mol. The first kappa shape index (κ1) is 14.9. The van der Waals surface area contributed by atoms with Crippen LogP contribution < -0.4 is 11.1 Å². The van der Waals surface area contributed by atoms with Gasteiger partial charge in [0.05, 0.1) is 11.1 Å². The lowest BCUT2D eigenvalue weighted by atomic mass is 10.3. The van der Waals surface area contributed by atoms with Crippen LogP contribution >= 0.6 is 0 Å². The van der Waals surface area contributed by atoms with Gasteiger partial charge < -0.3 is 11.1 Å². The van der Waals surface area contributed by atoms with Crippen LogP contribution in [0.5, 0.6) is 0 Å². The quantitative estimate of drug-likeness (QED) is 0.530. The number of pyridine rings is 1. The molecule has 0 saturated heterocycles. The van der Waals surface area contributed by atoms with Gasteiger partial charge in [-0.3, -0.25) is 10.1 Å². The second kappa shape index (κ2) is 5.97. The molecule has 11 nitrogen and oxygen atoms in total. The Bertz CT molecular complexity index is 946. The number of hydrogen-bond donors (Lipinski definition) is 2. The van der Waals surface area contributed by atoms with Crippen LogP contribution in [0.15, 0.2) is 36.9 Å². The number of aromatic nitrogens is 5. The third-order valence-electron chi connectivity index (χ3n) is 3.03. The molecule has 24 heavy (non-hydrogen) atoms. The van der Waals surface area contributed by atoms with Gasteiger partial charge in [0.2, 0.25) is 11.6 Å². The zero-order valence-electron chi connectivity index (χ0n) is 12.0. The number of nitro groups is 1. The number of nitrogen functional groups attached to an aromatic ring is 1. The molecular formula is C13H9N9O2. The maximum Gasteiger partial charge on any atom is 0.353 e. The first-order valence-corrected chi connectivity index (χ1v) is 6.53. The molecule has 0 atom stereocenters. The molecule has 118 valence electrons. The van der Waals surface area contributed by atoms with Crippen molar-refractivity contribution >= 4 is 23.1 Å². The summed E-state index contributed by atoms with van der Waals surface area (Å²) in [6.45, 7) is 0. The van der Waals surface area contributed by atoms with E-state index in [9.17, 15) is 15.4 Å². The van der Waals surface area contributed by atoms with Crippen molar-refractivity contribution in [2.24, 2.45) is 0 Å². The topological polar surface area (TPSA) is 161 Å². The molecule has 0 amide bonds. The highest BCUT2D eigenvalue weighted by Gasteiger charge is 2.23. The lowest BCUT2D eigenvalue weighted by molar-refractivity contribution is -0.383. The van der Waals surface area contributed by atoms with Crippen molar-refractivity contribution < 1.29 is 4.92 Å². The summed E-state index contributed by atoms with van der Waals surface area (Å²) >= 11 is 0. The summed E-state index contributed by atoms with van der Waals surface area (Å²) in [5, 5.41) is 27.2. The molecule has 0 radical (unpaired) electrons. The van der Waals surface area contributed by atoms with E-state index in [1.165, 1.54) is 10.9 Å². The van der Waals surface area contributed by atoms with Gasteiger partial charge in [-0.1, -0.05) is 6.07 Å². The Kier molecular flexibility index (Phi) is 3.69. The molecule has 0 saturated carbocycles. The fraction of sp³-hybridized carbons (Fsp3) is 0. The number of nitrogens with one attached hydrogen (secondary N) is 1. The smallest absolute Gasteiger partial charge is 0.353 e. The Balaban J connectivity index is 2.12. The lowest BCUT2D eigenvalue weighted by Gasteiger charge is -2.09. The summed E-state index contributed by atoms with van der Waals surface area (Å²) < 4.78 is 1.33. The Morgan fingerprint density at radius 1 is 1.33 bits per heavy atom. The number of nitrogens with two attached hydrogens (primary N) is 1. The maximum atomic E-state index is 11.2. The van der Waals surface area contributed by atoms with Gasteiger partial charge in [0.15, 0.2) is 11.6 Å². The molecular weight excluding hydrogens is 314 g/mol. The van der Waals surface area contributed by atoms with Gasteiger partial charge in [-0.05, 0) is 12.1 Å². The summed E-state index contributed by atoms with van der Waals surface area (Å²) in [6.07, 6.45) is 3.95. The van der Waals surface area contributed by atoms with Crippen LogP contribution in [0.25, 0.3) is 5.82 Å². The molecule has 0 aliphatic rings. The van der Waals surface area contributed by atoms with Gasteiger partial charge in [-0.25, -0.2) is 15.0 Å². The molecule has 3 N–H and O–H groups in total. The van der Waals surface area contributed by atoms with Gasteiger partial charge in [0.25, 0.3) is 0 Å². The molecule has 0 spiro atoms. The van der Waals surface area contributed by atoms with E-state index in [1.54, 1.807) is 24.4 Å². The molecule has 3 aromatic rings. The normalized spacial score (nSPS) is 10.1. The molecule has 0 aromatic carbocycles. The van der Waals surface area contributed by atoms with Crippen molar-refractivity contribution in [2.75, 3.05) is 11.1 Å². The van der Waals surface area contributed by atoms with Crippen LogP contribution in [0.2, 0.25) is 0 Å². The fourth-order valence-electron chi connectivity index (χ4n) is 1.98. The second-order valence-electron chi connectivity index (χ2n) is 4.46. The molecule has 0 bridgehead atoms. The molecule has 3 rings (SSSR count). The monoisotopic (exact) mass is 323 g/mol. The van der Waals surface area contributed by atoms with Crippen LogP contribution in [-0.2, 0) is 0 Å². The molecule has 0 fully saturated rings. The maximum absolute atomic E-state index is 11.2. The van der Waals surface area contributed by atoms with Crippen molar-refractivity contribution in [3.05, 3.63) is 52.6 Å². The lowest BCUT2D eigenvalue weighted by Crippen LogP contribution is -2.09. The standard InChI is InChI=1S/C13H9N9O2/c14-5-8-6-19-21(9-3-1-2-4-16-9)13(8)20-12-10(22(23)24)11(15)17-7-18-12/h1-4,6-7H,(H3,15,17,18,20). The molecule has 0 aliphatic carbocycles. The van der Waals surface area contributed by atoms with Crippen LogP contribution in [0.3, 0.4) is 0 Å². The minimum Gasteiger partial charge on any atom is -0.378 e. The number of hydrogen-bond acceptors (Lipinski definition) is 9. The summed E-state index contributed by atoms with van der Waals surface area (Å²) in [7, 11) is 0. The van der Waals surface area contributed by atoms with E-state index >= 15 is 0 Å². The fourth-order valence-corrected chi connectivity index (χ4v) is 1.98. The highest BCUT2D eigenvalue weighted by Crippen LogP contribution is 2.30. The first-order valence-electron chi connectivity index (χ1n) is 6.53. The Morgan fingerprint density at radius 2 is 2.17 bits per heavy atom. The largest absolute Gasteiger partial charge is 0.378 e. The van der Waals surface area contributed by atoms with E-state index in [1.807, 2.05) is 6.07 Å².